The van der Waals surface area contributed by atoms with Gasteiger partial charge in [0.25, 0.3) is 11.8 Å². The second-order valence-electron chi connectivity index (χ2n) is 8.30. The maximum atomic E-state index is 13.4. The molecule has 2 aromatic carbocycles. The fourth-order valence-electron chi connectivity index (χ4n) is 4.02. The first-order valence-corrected chi connectivity index (χ1v) is 14.3. The minimum Gasteiger partial charge on any atom is -0.349 e. The molecule has 4 rings (SSSR count). The molecule has 0 saturated carbocycles. The molecule has 3 N–H and O–H groups in total. The van der Waals surface area contributed by atoms with E-state index in [0.29, 0.717) is 30.4 Å². The van der Waals surface area contributed by atoms with Crippen LogP contribution < -0.4 is 10.8 Å². The summed E-state index contributed by atoms with van der Waals surface area (Å²) in [5.74, 6) is -0.530. The van der Waals surface area contributed by atoms with Gasteiger partial charge >= 0.3 is 0 Å². The number of benzene rings is 2. The summed E-state index contributed by atoms with van der Waals surface area (Å²) in [5, 5.41) is 12.5. The summed E-state index contributed by atoms with van der Waals surface area (Å²) in [5.41, 5.74) is 2.36. The third kappa shape index (κ3) is 5.21. The summed E-state index contributed by atoms with van der Waals surface area (Å²) in [6.45, 7) is 1.29. The number of amides is 2. The number of sulfone groups is 1. The predicted octanol–water partition coefficient (Wildman–Crippen LogP) is 2.56. The molecule has 2 amide bonds. The van der Waals surface area contributed by atoms with E-state index in [4.69, 9.17) is 0 Å². The van der Waals surface area contributed by atoms with Crippen LogP contribution >= 0.6 is 23.1 Å². The molecule has 0 bridgehead atoms. The van der Waals surface area contributed by atoms with Crippen LogP contribution in [0.5, 0.6) is 0 Å². The third-order valence-electron chi connectivity index (χ3n) is 6.10. The highest BCUT2D eigenvalue weighted by Crippen LogP contribution is 2.36. The Hall–Kier alpha value is -2.51. The number of thioether (sulfide) groups is 1. The SMILES string of the molecule is CN1CCC(C(=O)NO)(S(=O)(=O)c2ccc(SCCNC(=O)c3nc4ccccc4s3)cc2)CC1. The number of piperidine rings is 1. The fraction of sp³-hybridized carbons (Fsp3) is 0.348. The van der Waals surface area contributed by atoms with Gasteiger partial charge in [-0.1, -0.05) is 12.1 Å². The first-order chi connectivity index (χ1) is 16.8. The van der Waals surface area contributed by atoms with E-state index in [9.17, 15) is 23.2 Å². The van der Waals surface area contributed by atoms with Gasteiger partial charge in [0.15, 0.2) is 19.6 Å². The predicted molar refractivity (Wildman–Crippen MR) is 136 cm³/mol. The molecule has 0 aliphatic carbocycles. The second-order valence-corrected chi connectivity index (χ2v) is 12.8. The number of aromatic nitrogens is 1. The highest BCUT2D eigenvalue weighted by Gasteiger charge is 2.52. The minimum absolute atomic E-state index is 0.0409. The molecule has 1 saturated heterocycles. The van der Waals surface area contributed by atoms with Crippen molar-refractivity contribution in [2.45, 2.75) is 27.4 Å². The van der Waals surface area contributed by atoms with Gasteiger partial charge in [-0.3, -0.25) is 14.8 Å². The van der Waals surface area contributed by atoms with Crippen molar-refractivity contribution in [2.24, 2.45) is 0 Å². The summed E-state index contributed by atoms with van der Waals surface area (Å²) in [6.07, 6.45) is 0.201. The Morgan fingerprint density at radius 2 is 1.83 bits per heavy atom. The van der Waals surface area contributed by atoms with Crippen LogP contribution in [0.3, 0.4) is 0 Å². The molecule has 186 valence electrons. The normalized spacial score (nSPS) is 16.2. The Bertz CT molecular complexity index is 1280. The first kappa shape index (κ1) is 25.6. The smallest absolute Gasteiger partial charge is 0.280 e. The summed E-state index contributed by atoms with van der Waals surface area (Å²) >= 11 is 2.82. The van der Waals surface area contributed by atoms with Crippen LogP contribution in [0.1, 0.15) is 22.6 Å². The number of likely N-dealkylation sites (tertiary alicyclic amines) is 1. The van der Waals surface area contributed by atoms with Crippen LogP contribution in [-0.4, -0.2) is 72.5 Å². The topological polar surface area (TPSA) is 129 Å². The molecule has 0 spiro atoms. The number of hydrogen-bond donors (Lipinski definition) is 3. The van der Waals surface area contributed by atoms with Gasteiger partial charge in [-0.2, -0.15) is 0 Å². The average molecular weight is 535 g/mol. The molecule has 1 aliphatic rings. The molecule has 1 aromatic heterocycles. The number of nitrogens with one attached hydrogen (secondary N) is 2. The highest BCUT2D eigenvalue weighted by atomic mass is 32.2. The molecule has 9 nitrogen and oxygen atoms in total. The Kier molecular flexibility index (Phi) is 7.77. The number of hydrogen-bond acceptors (Lipinski definition) is 9. The molecule has 3 aromatic rings. The average Bonchev–Trinajstić information content (AvgIpc) is 3.31. The molecule has 1 aliphatic heterocycles. The Morgan fingerprint density at radius 3 is 2.49 bits per heavy atom. The van der Waals surface area contributed by atoms with E-state index < -0.39 is 20.5 Å². The molecular weight excluding hydrogens is 508 g/mol. The van der Waals surface area contributed by atoms with Crippen LogP contribution in [0.2, 0.25) is 0 Å². The molecule has 0 atom stereocenters. The van der Waals surface area contributed by atoms with Crippen LogP contribution in [0.4, 0.5) is 0 Å². The third-order valence-corrected chi connectivity index (χ3v) is 10.7. The highest BCUT2D eigenvalue weighted by molar-refractivity contribution is 7.99. The van der Waals surface area contributed by atoms with Crippen molar-refractivity contribution in [3.63, 3.8) is 0 Å². The van der Waals surface area contributed by atoms with Gasteiger partial charge in [0, 0.05) is 17.2 Å². The van der Waals surface area contributed by atoms with Crippen LogP contribution in [-0.2, 0) is 14.6 Å². The van der Waals surface area contributed by atoms with Crippen molar-refractivity contribution >= 4 is 55.0 Å². The monoisotopic (exact) mass is 534 g/mol. The maximum Gasteiger partial charge on any atom is 0.280 e. The summed E-state index contributed by atoms with van der Waals surface area (Å²) < 4.78 is 26.1. The number of hydroxylamine groups is 1. The molecule has 2 heterocycles. The number of nitrogens with zero attached hydrogens (tertiary/aromatic N) is 2. The lowest BCUT2D eigenvalue weighted by Crippen LogP contribution is -2.57. The zero-order valence-electron chi connectivity index (χ0n) is 19.1. The number of rotatable bonds is 8. The Morgan fingerprint density at radius 1 is 1.14 bits per heavy atom. The summed E-state index contributed by atoms with van der Waals surface area (Å²) in [7, 11) is -2.16. The lowest BCUT2D eigenvalue weighted by molar-refractivity contribution is -0.133. The van der Waals surface area contributed by atoms with E-state index in [0.717, 1.165) is 15.1 Å². The molecule has 35 heavy (non-hydrogen) atoms. The quantitative estimate of drug-likeness (QED) is 0.174. The van der Waals surface area contributed by atoms with Gasteiger partial charge < -0.3 is 10.2 Å². The van der Waals surface area contributed by atoms with Crippen molar-refractivity contribution in [1.82, 2.24) is 20.7 Å². The van der Waals surface area contributed by atoms with Crippen molar-refractivity contribution in [2.75, 3.05) is 32.4 Å². The van der Waals surface area contributed by atoms with Gasteiger partial charge in [0.2, 0.25) is 0 Å². The van der Waals surface area contributed by atoms with E-state index in [-0.39, 0.29) is 23.6 Å². The van der Waals surface area contributed by atoms with E-state index in [1.165, 1.54) is 35.2 Å². The first-order valence-electron chi connectivity index (χ1n) is 11.0. The zero-order valence-corrected chi connectivity index (χ0v) is 21.5. The van der Waals surface area contributed by atoms with Crippen molar-refractivity contribution in [3.05, 3.63) is 53.5 Å². The van der Waals surface area contributed by atoms with Crippen molar-refractivity contribution in [3.8, 4) is 0 Å². The zero-order chi connectivity index (χ0) is 25.1. The van der Waals surface area contributed by atoms with E-state index >= 15 is 0 Å². The fourth-order valence-corrected chi connectivity index (χ4v) is 7.62. The summed E-state index contributed by atoms with van der Waals surface area (Å²) in [4.78, 5) is 32.0. The maximum absolute atomic E-state index is 13.4. The number of para-hydroxylation sites is 1. The van der Waals surface area contributed by atoms with Gasteiger partial charge in [0.05, 0.1) is 15.1 Å². The number of carbonyl (C=O) groups is 2. The van der Waals surface area contributed by atoms with E-state index in [2.05, 4.69) is 10.3 Å². The van der Waals surface area contributed by atoms with Crippen molar-refractivity contribution < 1.29 is 23.2 Å². The molecule has 0 unspecified atom stereocenters. The van der Waals surface area contributed by atoms with Gasteiger partial charge in [-0.25, -0.2) is 18.9 Å². The van der Waals surface area contributed by atoms with Crippen molar-refractivity contribution in [1.29, 1.82) is 0 Å². The van der Waals surface area contributed by atoms with Crippen LogP contribution in [0.25, 0.3) is 10.2 Å². The summed E-state index contributed by atoms with van der Waals surface area (Å²) in [6, 6.07) is 13.9. The van der Waals surface area contributed by atoms with E-state index in [1.807, 2.05) is 36.2 Å². The Balaban J connectivity index is 1.35. The van der Waals surface area contributed by atoms with Gasteiger partial charge in [-0.15, -0.1) is 23.1 Å². The number of thiazole rings is 1. The van der Waals surface area contributed by atoms with Gasteiger partial charge in [0.1, 0.15) is 0 Å². The second kappa shape index (κ2) is 10.6. The molecule has 1 fully saturated rings. The molecule has 12 heteroatoms. The number of carbonyl (C=O) groups excluding carboxylic acids is 2. The van der Waals surface area contributed by atoms with Crippen LogP contribution in [0, 0.1) is 0 Å². The Labute approximate surface area is 211 Å². The standard InChI is InChI=1S/C23H26N4O5S3/c1-27-13-10-23(11-14-27,22(29)26-30)35(31,32)17-8-6-16(7-9-17)33-15-12-24-20(28)21-25-18-4-2-3-5-19(18)34-21/h2-9,30H,10-15H2,1H3,(H,24,28)(H,26,29). The molecule has 0 radical (unpaired) electrons. The lowest BCUT2D eigenvalue weighted by Gasteiger charge is -2.38. The van der Waals surface area contributed by atoms with E-state index in [1.54, 1.807) is 17.6 Å². The molecular formula is C23H26N4O5S3. The lowest BCUT2D eigenvalue weighted by atomic mass is 9.95. The van der Waals surface area contributed by atoms with Crippen LogP contribution in [0.15, 0.2) is 58.3 Å². The number of fused-ring (bicyclic) bond motifs is 1. The van der Waals surface area contributed by atoms with Gasteiger partial charge in [-0.05, 0) is 69.4 Å². The minimum atomic E-state index is -4.02. The largest absolute Gasteiger partial charge is 0.349 e.